The van der Waals surface area contributed by atoms with E-state index in [9.17, 15) is 0 Å². The first-order chi connectivity index (χ1) is 8.08. The highest BCUT2D eigenvalue weighted by atomic mass is 79.9. The van der Waals surface area contributed by atoms with E-state index in [2.05, 4.69) is 41.2 Å². The Kier molecular flexibility index (Phi) is 6.00. The summed E-state index contributed by atoms with van der Waals surface area (Å²) in [7, 11) is 3.73. The van der Waals surface area contributed by atoms with Gasteiger partial charge in [-0.15, -0.1) is 0 Å². The lowest BCUT2D eigenvalue weighted by Gasteiger charge is -2.20. The predicted octanol–water partition coefficient (Wildman–Crippen LogP) is 4.15. The molecular formula is C14H22BrNO. The first kappa shape index (κ1) is 14.5. The first-order valence-corrected chi connectivity index (χ1v) is 6.88. The van der Waals surface area contributed by atoms with E-state index in [4.69, 9.17) is 4.74 Å². The normalized spacial score (nSPS) is 12.8. The molecule has 0 bridgehead atoms. The molecule has 0 aliphatic carbocycles. The number of hydrogen-bond donors (Lipinski definition) is 1. The van der Waals surface area contributed by atoms with E-state index < -0.39 is 0 Å². The molecule has 3 heteroatoms. The highest BCUT2D eigenvalue weighted by Gasteiger charge is 2.15. The molecule has 17 heavy (non-hydrogen) atoms. The Balaban J connectivity index is 2.89. The van der Waals surface area contributed by atoms with Crippen LogP contribution in [-0.4, -0.2) is 14.2 Å². The molecule has 96 valence electrons. The lowest BCUT2D eigenvalue weighted by atomic mass is 9.97. The summed E-state index contributed by atoms with van der Waals surface area (Å²) in [5.74, 6) is 1.68. The monoisotopic (exact) mass is 299 g/mol. The third kappa shape index (κ3) is 4.32. The van der Waals surface area contributed by atoms with E-state index in [1.807, 2.05) is 19.2 Å². The summed E-state index contributed by atoms with van der Waals surface area (Å²) in [6.45, 7) is 4.51. The number of benzene rings is 1. The molecule has 0 saturated carbocycles. The minimum Gasteiger partial charge on any atom is -0.496 e. The lowest BCUT2D eigenvalue weighted by molar-refractivity contribution is 0.392. The van der Waals surface area contributed by atoms with Crippen molar-refractivity contribution in [3.8, 4) is 5.75 Å². The number of methoxy groups -OCH3 is 1. The van der Waals surface area contributed by atoms with Gasteiger partial charge in [-0.25, -0.2) is 0 Å². The summed E-state index contributed by atoms with van der Waals surface area (Å²) in [5, 5.41) is 3.37. The summed E-state index contributed by atoms with van der Waals surface area (Å²) in [6, 6.07) is 6.52. The van der Waals surface area contributed by atoms with Crippen LogP contribution in [0.1, 0.15) is 38.3 Å². The van der Waals surface area contributed by atoms with Crippen molar-refractivity contribution in [2.24, 2.45) is 5.92 Å². The third-order valence-electron chi connectivity index (χ3n) is 2.95. The number of hydrogen-bond acceptors (Lipinski definition) is 2. The van der Waals surface area contributed by atoms with Gasteiger partial charge in [-0.05, 0) is 44.0 Å². The number of rotatable bonds is 6. The maximum absolute atomic E-state index is 5.43. The minimum atomic E-state index is 0.352. The van der Waals surface area contributed by atoms with E-state index in [1.165, 1.54) is 12.0 Å². The van der Waals surface area contributed by atoms with Gasteiger partial charge in [0.25, 0.3) is 0 Å². The molecule has 0 saturated heterocycles. The second-order valence-corrected chi connectivity index (χ2v) is 5.61. The number of halogens is 1. The average Bonchev–Trinajstić information content (AvgIpc) is 2.30. The topological polar surface area (TPSA) is 21.3 Å². The van der Waals surface area contributed by atoms with E-state index >= 15 is 0 Å². The van der Waals surface area contributed by atoms with Gasteiger partial charge in [-0.2, -0.15) is 0 Å². The maximum atomic E-state index is 5.43. The Hall–Kier alpha value is -0.540. The molecule has 0 aliphatic rings. The fraction of sp³-hybridized carbons (Fsp3) is 0.571. The molecule has 1 unspecified atom stereocenters. The van der Waals surface area contributed by atoms with Crippen LogP contribution < -0.4 is 10.1 Å². The Bertz CT molecular complexity index is 352. The molecule has 0 aliphatic heterocycles. The van der Waals surface area contributed by atoms with E-state index in [1.54, 1.807) is 7.11 Å². The fourth-order valence-electron chi connectivity index (χ4n) is 1.93. The van der Waals surface area contributed by atoms with Crippen LogP contribution in [0.2, 0.25) is 0 Å². The molecule has 1 atom stereocenters. The molecule has 2 nitrogen and oxygen atoms in total. The molecule has 0 aromatic heterocycles. The zero-order chi connectivity index (χ0) is 12.8. The van der Waals surface area contributed by atoms with Crippen molar-refractivity contribution in [1.29, 1.82) is 0 Å². The van der Waals surface area contributed by atoms with Gasteiger partial charge in [-0.3, -0.25) is 0 Å². The van der Waals surface area contributed by atoms with Gasteiger partial charge in [0.05, 0.1) is 7.11 Å². The summed E-state index contributed by atoms with van der Waals surface area (Å²) in [4.78, 5) is 0. The van der Waals surface area contributed by atoms with Gasteiger partial charge in [0, 0.05) is 16.1 Å². The molecular weight excluding hydrogens is 278 g/mol. The van der Waals surface area contributed by atoms with Gasteiger partial charge in [0.2, 0.25) is 0 Å². The van der Waals surface area contributed by atoms with Crippen LogP contribution in [0.5, 0.6) is 5.75 Å². The van der Waals surface area contributed by atoms with Crippen LogP contribution in [0.4, 0.5) is 0 Å². The van der Waals surface area contributed by atoms with Crippen molar-refractivity contribution in [2.75, 3.05) is 14.2 Å². The molecule has 0 amide bonds. The first-order valence-electron chi connectivity index (χ1n) is 6.09. The molecule has 1 aromatic carbocycles. The summed E-state index contributed by atoms with van der Waals surface area (Å²) in [6.07, 6.45) is 2.34. The van der Waals surface area contributed by atoms with Crippen molar-refractivity contribution in [1.82, 2.24) is 5.32 Å². The lowest BCUT2D eigenvalue weighted by Crippen LogP contribution is -2.17. The standard InChI is InChI=1S/C14H22BrNO/c1-10(2)5-7-13(16-3)12-9-11(15)6-8-14(12)17-4/h6,8-10,13,16H,5,7H2,1-4H3. The minimum absolute atomic E-state index is 0.352. The fourth-order valence-corrected chi connectivity index (χ4v) is 2.31. The van der Waals surface area contributed by atoms with E-state index in [-0.39, 0.29) is 0 Å². The van der Waals surface area contributed by atoms with Gasteiger partial charge < -0.3 is 10.1 Å². The van der Waals surface area contributed by atoms with Crippen LogP contribution in [0.25, 0.3) is 0 Å². The largest absolute Gasteiger partial charge is 0.496 e. The quantitative estimate of drug-likeness (QED) is 0.852. The highest BCUT2D eigenvalue weighted by Crippen LogP contribution is 2.31. The van der Waals surface area contributed by atoms with Crippen LogP contribution in [0.15, 0.2) is 22.7 Å². The van der Waals surface area contributed by atoms with Gasteiger partial charge in [0.1, 0.15) is 5.75 Å². The molecule has 0 radical (unpaired) electrons. The SMILES string of the molecule is CNC(CCC(C)C)c1cc(Br)ccc1OC. The van der Waals surface area contributed by atoms with Crippen molar-refractivity contribution < 1.29 is 4.74 Å². The zero-order valence-electron chi connectivity index (χ0n) is 11.1. The van der Waals surface area contributed by atoms with Crippen molar-refractivity contribution >= 4 is 15.9 Å². The van der Waals surface area contributed by atoms with E-state index in [0.717, 1.165) is 22.6 Å². The summed E-state index contributed by atoms with van der Waals surface area (Å²) in [5.41, 5.74) is 1.23. The molecule has 1 N–H and O–H groups in total. The Morgan fingerprint density at radius 1 is 1.29 bits per heavy atom. The zero-order valence-corrected chi connectivity index (χ0v) is 12.7. The Labute approximate surface area is 113 Å². The van der Waals surface area contributed by atoms with Crippen LogP contribution in [-0.2, 0) is 0 Å². The van der Waals surface area contributed by atoms with Crippen molar-refractivity contribution in [3.63, 3.8) is 0 Å². The van der Waals surface area contributed by atoms with Crippen molar-refractivity contribution in [3.05, 3.63) is 28.2 Å². The van der Waals surface area contributed by atoms with Gasteiger partial charge in [-0.1, -0.05) is 29.8 Å². The second-order valence-electron chi connectivity index (χ2n) is 4.70. The molecule has 1 rings (SSSR count). The highest BCUT2D eigenvalue weighted by molar-refractivity contribution is 9.10. The van der Waals surface area contributed by atoms with Crippen LogP contribution in [0, 0.1) is 5.92 Å². The summed E-state index contributed by atoms with van der Waals surface area (Å²) >= 11 is 3.52. The van der Waals surface area contributed by atoms with E-state index in [0.29, 0.717) is 6.04 Å². The van der Waals surface area contributed by atoms with Crippen LogP contribution in [0.3, 0.4) is 0 Å². The average molecular weight is 300 g/mol. The smallest absolute Gasteiger partial charge is 0.123 e. The molecule has 0 heterocycles. The predicted molar refractivity (Wildman–Crippen MR) is 76.6 cm³/mol. The number of nitrogens with one attached hydrogen (secondary N) is 1. The molecule has 0 fully saturated rings. The third-order valence-corrected chi connectivity index (χ3v) is 3.44. The van der Waals surface area contributed by atoms with Crippen molar-refractivity contribution in [2.45, 2.75) is 32.7 Å². The maximum Gasteiger partial charge on any atom is 0.123 e. The molecule has 1 aromatic rings. The van der Waals surface area contributed by atoms with Gasteiger partial charge in [0.15, 0.2) is 0 Å². The molecule has 0 spiro atoms. The second kappa shape index (κ2) is 7.02. The Morgan fingerprint density at radius 3 is 2.53 bits per heavy atom. The van der Waals surface area contributed by atoms with Crippen LogP contribution >= 0.6 is 15.9 Å². The Morgan fingerprint density at radius 2 is 2.00 bits per heavy atom. The van der Waals surface area contributed by atoms with Gasteiger partial charge >= 0.3 is 0 Å². The summed E-state index contributed by atoms with van der Waals surface area (Å²) < 4.78 is 6.52. The number of ether oxygens (including phenoxy) is 1.